The molecule has 0 N–H and O–H groups in total. The molecule has 0 unspecified atom stereocenters. The monoisotopic (exact) mass is 199 g/mol. The zero-order valence-electron chi connectivity index (χ0n) is 6.36. The quantitative estimate of drug-likeness (QED) is 0.706. The van der Waals surface area contributed by atoms with E-state index in [2.05, 4.69) is 10.1 Å². The highest BCUT2D eigenvalue weighted by Gasteiger charge is 2.02. The van der Waals surface area contributed by atoms with E-state index >= 15 is 0 Å². The Balaban J connectivity index is 2.43. The van der Waals surface area contributed by atoms with Crippen molar-refractivity contribution in [3.05, 3.63) is 28.5 Å². The van der Waals surface area contributed by atoms with Crippen LogP contribution in [0.3, 0.4) is 0 Å². The Kier molecular flexibility index (Phi) is 1.86. The Bertz CT molecular complexity index is 355. The molecule has 5 heteroatoms. The summed E-state index contributed by atoms with van der Waals surface area (Å²) in [6, 6.07) is 0. The van der Waals surface area contributed by atoms with E-state index in [1.165, 1.54) is 11.3 Å². The molecule has 0 fully saturated rings. The van der Waals surface area contributed by atoms with E-state index in [4.69, 9.17) is 11.6 Å². The molecule has 0 amide bonds. The number of thiazole rings is 1. The summed E-state index contributed by atoms with van der Waals surface area (Å²) >= 11 is 7.15. The molecule has 2 rings (SSSR count). The molecule has 0 spiro atoms. The third-order valence-electron chi connectivity index (χ3n) is 1.37. The van der Waals surface area contributed by atoms with E-state index in [1.807, 2.05) is 13.1 Å². The first kappa shape index (κ1) is 7.76. The van der Waals surface area contributed by atoms with Crippen LogP contribution in [0, 0.1) is 6.92 Å². The summed E-state index contributed by atoms with van der Waals surface area (Å²) in [5, 5.41) is 7.21. The van der Waals surface area contributed by atoms with Gasteiger partial charge in [0.15, 0.2) is 0 Å². The maximum atomic E-state index is 5.68. The Morgan fingerprint density at radius 3 is 2.92 bits per heavy atom. The van der Waals surface area contributed by atoms with Crippen LogP contribution in [-0.4, -0.2) is 14.8 Å². The zero-order valence-corrected chi connectivity index (χ0v) is 7.93. The predicted octanol–water partition coefficient (Wildman–Crippen LogP) is 2.29. The number of nitrogens with zero attached hydrogens (tertiary/aromatic N) is 3. The van der Waals surface area contributed by atoms with E-state index in [9.17, 15) is 0 Å². The van der Waals surface area contributed by atoms with Crippen LogP contribution >= 0.6 is 22.9 Å². The third kappa shape index (κ3) is 1.35. The molecular weight excluding hydrogens is 194 g/mol. The zero-order chi connectivity index (χ0) is 8.55. The van der Waals surface area contributed by atoms with Gasteiger partial charge in [0, 0.05) is 11.6 Å². The van der Waals surface area contributed by atoms with Gasteiger partial charge < -0.3 is 0 Å². The predicted molar refractivity (Wildman–Crippen MR) is 49.0 cm³/mol. The number of halogens is 1. The third-order valence-corrected chi connectivity index (χ3v) is 2.53. The van der Waals surface area contributed by atoms with Gasteiger partial charge >= 0.3 is 0 Å². The van der Waals surface area contributed by atoms with Gasteiger partial charge in [-0.15, -0.1) is 11.3 Å². The number of hydrogen-bond donors (Lipinski definition) is 0. The summed E-state index contributed by atoms with van der Waals surface area (Å²) in [7, 11) is 0. The topological polar surface area (TPSA) is 30.7 Å². The molecule has 62 valence electrons. The molecule has 0 aliphatic carbocycles. The van der Waals surface area contributed by atoms with Gasteiger partial charge in [0.2, 0.25) is 5.13 Å². The summed E-state index contributed by atoms with van der Waals surface area (Å²) in [4.78, 5) is 4.08. The van der Waals surface area contributed by atoms with Crippen molar-refractivity contribution in [2.75, 3.05) is 0 Å². The van der Waals surface area contributed by atoms with Crippen LogP contribution in [0.4, 0.5) is 0 Å². The smallest absolute Gasteiger partial charge is 0.211 e. The molecule has 0 atom stereocenters. The van der Waals surface area contributed by atoms with Gasteiger partial charge in [-0.1, -0.05) is 11.6 Å². The van der Waals surface area contributed by atoms with Crippen LogP contribution in [0.25, 0.3) is 5.13 Å². The summed E-state index contributed by atoms with van der Waals surface area (Å²) in [6.45, 7) is 1.98. The molecule has 12 heavy (non-hydrogen) atoms. The van der Waals surface area contributed by atoms with Gasteiger partial charge in [0.25, 0.3) is 0 Å². The van der Waals surface area contributed by atoms with E-state index in [0.29, 0.717) is 5.15 Å². The standard InChI is InChI=1S/C7H6ClN3S/c1-5-2-9-11(3-5)7-10-6(8)4-12-7/h2-4H,1H3. The minimum Gasteiger partial charge on any atom is -0.213 e. The second kappa shape index (κ2) is 2.88. The Hall–Kier alpha value is -0.870. The van der Waals surface area contributed by atoms with Gasteiger partial charge in [-0.25, -0.2) is 9.67 Å². The summed E-state index contributed by atoms with van der Waals surface area (Å²) in [5.74, 6) is 0. The molecule has 3 nitrogen and oxygen atoms in total. The molecular formula is C7H6ClN3S. The lowest BCUT2D eigenvalue weighted by molar-refractivity contribution is 0.869. The molecule has 0 saturated carbocycles. The Morgan fingerprint density at radius 2 is 2.42 bits per heavy atom. The molecule has 2 aromatic heterocycles. The van der Waals surface area contributed by atoms with Crippen LogP contribution < -0.4 is 0 Å². The normalized spacial score (nSPS) is 10.5. The first-order valence-electron chi connectivity index (χ1n) is 3.38. The molecule has 0 saturated heterocycles. The van der Waals surface area contributed by atoms with Crippen molar-refractivity contribution in [3.63, 3.8) is 0 Å². The van der Waals surface area contributed by atoms with Crippen LogP contribution in [0.5, 0.6) is 0 Å². The van der Waals surface area contributed by atoms with Crippen molar-refractivity contribution < 1.29 is 0 Å². The van der Waals surface area contributed by atoms with Gasteiger partial charge in [-0.3, -0.25) is 0 Å². The number of rotatable bonds is 1. The SMILES string of the molecule is Cc1cnn(-c2nc(Cl)cs2)c1. The van der Waals surface area contributed by atoms with Crippen molar-refractivity contribution in [1.29, 1.82) is 0 Å². The van der Waals surface area contributed by atoms with Crippen molar-refractivity contribution in [2.24, 2.45) is 0 Å². The van der Waals surface area contributed by atoms with Gasteiger partial charge in [-0.05, 0) is 12.5 Å². The highest BCUT2D eigenvalue weighted by Crippen LogP contribution is 2.17. The number of hydrogen-bond acceptors (Lipinski definition) is 3. The van der Waals surface area contributed by atoms with Gasteiger partial charge in [-0.2, -0.15) is 5.10 Å². The lowest BCUT2D eigenvalue weighted by Crippen LogP contribution is -1.91. The van der Waals surface area contributed by atoms with Crippen LogP contribution in [0.15, 0.2) is 17.8 Å². The highest BCUT2D eigenvalue weighted by molar-refractivity contribution is 7.12. The van der Waals surface area contributed by atoms with E-state index in [0.717, 1.165) is 10.7 Å². The summed E-state index contributed by atoms with van der Waals surface area (Å²) in [5.41, 5.74) is 1.11. The average molecular weight is 200 g/mol. The molecule has 0 aliphatic rings. The van der Waals surface area contributed by atoms with E-state index in [-0.39, 0.29) is 0 Å². The van der Waals surface area contributed by atoms with Crippen molar-refractivity contribution in [3.8, 4) is 5.13 Å². The van der Waals surface area contributed by atoms with Crippen LogP contribution in [0.1, 0.15) is 5.56 Å². The first-order chi connectivity index (χ1) is 5.75. The van der Waals surface area contributed by atoms with E-state index < -0.39 is 0 Å². The number of aryl methyl sites for hydroxylation is 1. The molecule has 0 bridgehead atoms. The van der Waals surface area contributed by atoms with E-state index in [1.54, 1.807) is 16.3 Å². The van der Waals surface area contributed by atoms with Crippen LogP contribution in [0.2, 0.25) is 5.15 Å². The van der Waals surface area contributed by atoms with Gasteiger partial charge in [0.1, 0.15) is 5.15 Å². The maximum absolute atomic E-state index is 5.68. The lowest BCUT2D eigenvalue weighted by atomic mass is 10.4. The second-order valence-corrected chi connectivity index (χ2v) is 3.64. The molecule has 2 aromatic rings. The lowest BCUT2D eigenvalue weighted by Gasteiger charge is -1.90. The summed E-state index contributed by atoms with van der Waals surface area (Å²) < 4.78 is 1.71. The maximum Gasteiger partial charge on any atom is 0.211 e. The Labute approximate surface area is 78.6 Å². The van der Waals surface area contributed by atoms with Gasteiger partial charge in [0.05, 0.1) is 6.20 Å². The minimum atomic E-state index is 0.517. The van der Waals surface area contributed by atoms with Crippen molar-refractivity contribution >= 4 is 22.9 Å². The fourth-order valence-electron chi connectivity index (χ4n) is 0.868. The molecule has 0 aromatic carbocycles. The largest absolute Gasteiger partial charge is 0.213 e. The van der Waals surface area contributed by atoms with Crippen molar-refractivity contribution in [2.45, 2.75) is 6.92 Å². The van der Waals surface area contributed by atoms with Crippen molar-refractivity contribution in [1.82, 2.24) is 14.8 Å². The molecule has 2 heterocycles. The molecule has 0 aliphatic heterocycles. The fraction of sp³-hybridized carbons (Fsp3) is 0.143. The van der Waals surface area contributed by atoms with Crippen LogP contribution in [-0.2, 0) is 0 Å². The Morgan fingerprint density at radius 1 is 1.58 bits per heavy atom. The fourth-order valence-corrected chi connectivity index (χ4v) is 1.75. The number of aromatic nitrogens is 3. The minimum absolute atomic E-state index is 0.517. The second-order valence-electron chi connectivity index (χ2n) is 2.42. The summed E-state index contributed by atoms with van der Waals surface area (Å²) in [6.07, 6.45) is 3.70. The molecule has 0 radical (unpaired) electrons. The first-order valence-corrected chi connectivity index (χ1v) is 4.64. The highest BCUT2D eigenvalue weighted by atomic mass is 35.5. The average Bonchev–Trinajstić information content (AvgIpc) is 2.58.